The summed E-state index contributed by atoms with van der Waals surface area (Å²) in [7, 11) is 0. The van der Waals surface area contributed by atoms with Crippen LogP contribution in [0.2, 0.25) is 0 Å². The minimum Gasteiger partial charge on any atom is -0.369 e. The second-order valence-electron chi connectivity index (χ2n) is 3.79. The molecule has 7 N–H and O–H groups in total. The molecule has 2 amide bonds. The topological polar surface area (TPSA) is 122 Å². The number of rotatable bonds is 2. The maximum absolute atomic E-state index is 9.00. The van der Waals surface area contributed by atoms with Crippen LogP contribution in [0, 0.1) is 5.41 Å². The first-order valence-electron chi connectivity index (χ1n) is 5.81. The average Bonchev–Trinajstić information content (AvgIpc) is 2.40. The van der Waals surface area contributed by atoms with Crippen LogP contribution in [0.1, 0.15) is 0 Å². The van der Waals surface area contributed by atoms with Crippen LogP contribution in [0.25, 0.3) is 0 Å². The number of nitrogens with zero attached hydrogens (tertiary/aromatic N) is 1. The highest BCUT2D eigenvalue weighted by Gasteiger charge is 2.10. The minimum absolute atomic E-state index is 0.0115. The molecule has 2 aromatic carbocycles. The van der Waals surface area contributed by atoms with E-state index in [0.29, 0.717) is 0 Å². The molecule has 2 rings (SSSR count). The largest absolute Gasteiger partial charge is 0.369 e. The highest BCUT2D eigenvalue weighted by atomic mass is 16.2. The predicted octanol–water partition coefficient (Wildman–Crippen LogP) is 1.74. The first-order chi connectivity index (χ1) is 9.52. The van der Waals surface area contributed by atoms with Crippen LogP contribution in [0.15, 0.2) is 60.7 Å². The summed E-state index contributed by atoms with van der Waals surface area (Å²) >= 11 is 0. The van der Waals surface area contributed by atoms with Crippen molar-refractivity contribution in [3.63, 3.8) is 0 Å². The van der Waals surface area contributed by atoms with Crippen LogP contribution >= 0.6 is 0 Å². The van der Waals surface area contributed by atoms with Gasteiger partial charge in [0.1, 0.15) is 0 Å². The standard InChI is InChI=1S/C13H13N3.CH4N2O/c14-13(15)16(11-7-3-1-4-8-11)12-9-5-2-6-10-12;2-1(3)4/h1-10H,(H3,14,15);(H4,2,3,4). The Kier molecular flexibility index (Phi) is 5.58. The zero-order valence-corrected chi connectivity index (χ0v) is 10.9. The fourth-order valence-electron chi connectivity index (χ4n) is 1.58. The van der Waals surface area contributed by atoms with Gasteiger partial charge in [0.05, 0.1) is 0 Å². The number of benzene rings is 2. The summed E-state index contributed by atoms with van der Waals surface area (Å²) in [5.74, 6) is 0.0115. The van der Waals surface area contributed by atoms with Gasteiger partial charge in [-0.3, -0.25) is 10.3 Å². The highest BCUT2D eigenvalue weighted by Crippen LogP contribution is 2.23. The van der Waals surface area contributed by atoms with Gasteiger partial charge >= 0.3 is 6.03 Å². The second kappa shape index (κ2) is 7.42. The highest BCUT2D eigenvalue weighted by molar-refractivity contribution is 5.99. The van der Waals surface area contributed by atoms with Gasteiger partial charge in [-0.25, -0.2) is 4.79 Å². The summed E-state index contributed by atoms with van der Waals surface area (Å²) in [5.41, 5.74) is 15.9. The van der Waals surface area contributed by atoms with Crippen molar-refractivity contribution in [3.05, 3.63) is 60.7 Å². The number of primary amides is 2. The van der Waals surface area contributed by atoms with E-state index in [2.05, 4.69) is 11.5 Å². The summed E-state index contributed by atoms with van der Waals surface area (Å²) in [6, 6.07) is 18.4. The lowest BCUT2D eigenvalue weighted by Gasteiger charge is -2.22. The van der Waals surface area contributed by atoms with E-state index in [9.17, 15) is 0 Å². The average molecular weight is 271 g/mol. The number of para-hydroxylation sites is 2. The van der Waals surface area contributed by atoms with Gasteiger partial charge in [0, 0.05) is 11.4 Å². The van der Waals surface area contributed by atoms with Crippen molar-refractivity contribution in [2.45, 2.75) is 0 Å². The lowest BCUT2D eigenvalue weighted by atomic mass is 10.2. The van der Waals surface area contributed by atoms with Crippen molar-refractivity contribution >= 4 is 23.4 Å². The van der Waals surface area contributed by atoms with E-state index in [4.69, 9.17) is 15.9 Å². The normalized spacial score (nSPS) is 9.00. The Labute approximate surface area is 117 Å². The molecule has 0 aromatic heterocycles. The summed E-state index contributed by atoms with van der Waals surface area (Å²) in [6.45, 7) is 0. The molecule has 0 spiro atoms. The Morgan fingerprint density at radius 2 is 1.10 bits per heavy atom. The van der Waals surface area contributed by atoms with Gasteiger partial charge in [0.15, 0.2) is 5.96 Å². The smallest absolute Gasteiger partial charge is 0.309 e. The zero-order valence-electron chi connectivity index (χ0n) is 10.9. The number of urea groups is 1. The molecule has 0 saturated heterocycles. The Morgan fingerprint density at radius 1 is 0.800 bits per heavy atom. The van der Waals surface area contributed by atoms with Crippen LogP contribution in [-0.2, 0) is 0 Å². The summed E-state index contributed by atoms with van der Waals surface area (Å²) in [5, 5.41) is 7.63. The predicted molar refractivity (Wildman–Crippen MR) is 80.7 cm³/mol. The van der Waals surface area contributed by atoms with Crippen molar-refractivity contribution in [1.82, 2.24) is 0 Å². The van der Waals surface area contributed by atoms with Gasteiger partial charge in [0.25, 0.3) is 0 Å². The molecule has 0 heterocycles. The Morgan fingerprint density at radius 3 is 1.35 bits per heavy atom. The van der Waals surface area contributed by atoms with Gasteiger partial charge in [-0.1, -0.05) is 36.4 Å². The van der Waals surface area contributed by atoms with Gasteiger partial charge < -0.3 is 17.2 Å². The molecule has 6 nitrogen and oxygen atoms in total. The molecule has 20 heavy (non-hydrogen) atoms. The third kappa shape index (κ3) is 4.69. The number of hydrogen-bond donors (Lipinski definition) is 4. The molecular formula is C14H17N5O. The molecule has 2 aromatic rings. The van der Waals surface area contributed by atoms with E-state index in [1.165, 1.54) is 0 Å². The van der Waals surface area contributed by atoms with E-state index in [1.54, 1.807) is 4.90 Å². The third-order valence-corrected chi connectivity index (χ3v) is 2.27. The molecule has 0 saturated carbocycles. The third-order valence-electron chi connectivity index (χ3n) is 2.27. The van der Waals surface area contributed by atoms with Crippen molar-refractivity contribution in [3.8, 4) is 0 Å². The Balaban J connectivity index is 0.000000444. The molecular weight excluding hydrogens is 254 g/mol. The van der Waals surface area contributed by atoms with Crippen LogP contribution in [-0.4, -0.2) is 12.0 Å². The molecule has 6 heteroatoms. The van der Waals surface area contributed by atoms with Crippen molar-refractivity contribution < 1.29 is 4.79 Å². The van der Waals surface area contributed by atoms with Crippen LogP contribution in [0.4, 0.5) is 16.2 Å². The molecule has 0 aliphatic rings. The van der Waals surface area contributed by atoms with E-state index >= 15 is 0 Å². The first kappa shape index (κ1) is 15.0. The van der Waals surface area contributed by atoms with Gasteiger partial charge in [-0.2, -0.15) is 0 Å². The summed E-state index contributed by atoms with van der Waals surface area (Å²) in [6.07, 6.45) is 0. The lowest BCUT2D eigenvalue weighted by molar-refractivity contribution is 0.256. The van der Waals surface area contributed by atoms with E-state index in [1.807, 2.05) is 60.7 Å². The number of hydrogen-bond acceptors (Lipinski definition) is 2. The molecule has 0 radical (unpaired) electrons. The Bertz CT molecular complexity index is 513. The first-order valence-corrected chi connectivity index (χ1v) is 5.81. The maximum atomic E-state index is 9.00. The second-order valence-corrected chi connectivity index (χ2v) is 3.79. The SMILES string of the molecule is N=C(N)N(c1ccccc1)c1ccccc1.NC(N)=O. The van der Waals surface area contributed by atoms with Crippen molar-refractivity contribution in [1.29, 1.82) is 5.41 Å². The van der Waals surface area contributed by atoms with Crippen molar-refractivity contribution in [2.24, 2.45) is 17.2 Å². The monoisotopic (exact) mass is 271 g/mol. The maximum Gasteiger partial charge on any atom is 0.309 e. The van der Waals surface area contributed by atoms with Gasteiger partial charge in [-0.15, -0.1) is 0 Å². The molecule has 0 atom stereocenters. The van der Waals surface area contributed by atoms with Crippen LogP contribution < -0.4 is 22.1 Å². The van der Waals surface area contributed by atoms with Crippen molar-refractivity contribution in [2.75, 3.05) is 4.90 Å². The molecule has 104 valence electrons. The quantitative estimate of drug-likeness (QED) is 0.491. The number of nitrogens with two attached hydrogens (primary N) is 3. The Hall–Kier alpha value is -3.02. The molecule has 0 unspecified atom stereocenters. The zero-order chi connectivity index (χ0) is 15.0. The van der Waals surface area contributed by atoms with Crippen LogP contribution in [0.5, 0.6) is 0 Å². The van der Waals surface area contributed by atoms with Crippen LogP contribution in [0.3, 0.4) is 0 Å². The van der Waals surface area contributed by atoms with Gasteiger partial charge in [-0.05, 0) is 24.3 Å². The van der Waals surface area contributed by atoms with E-state index in [-0.39, 0.29) is 5.96 Å². The molecule has 0 aliphatic carbocycles. The van der Waals surface area contributed by atoms with E-state index < -0.39 is 6.03 Å². The number of carbonyl (C=O) groups excluding carboxylic acids is 1. The summed E-state index contributed by atoms with van der Waals surface area (Å²) < 4.78 is 0. The fraction of sp³-hybridized carbons (Fsp3) is 0. The number of anilines is 2. The number of amides is 2. The molecule has 0 bridgehead atoms. The lowest BCUT2D eigenvalue weighted by Crippen LogP contribution is -2.32. The number of nitrogens with one attached hydrogen (secondary N) is 1. The number of carbonyl (C=O) groups is 1. The summed E-state index contributed by atoms with van der Waals surface area (Å²) in [4.78, 5) is 10.7. The fourth-order valence-corrected chi connectivity index (χ4v) is 1.58. The molecule has 0 fully saturated rings. The number of guanidine groups is 1. The minimum atomic E-state index is -0.833. The van der Waals surface area contributed by atoms with E-state index in [0.717, 1.165) is 11.4 Å². The molecule has 0 aliphatic heterocycles. The van der Waals surface area contributed by atoms with Gasteiger partial charge in [0.2, 0.25) is 0 Å².